The van der Waals surface area contributed by atoms with Gasteiger partial charge in [0, 0.05) is 5.41 Å². The molecule has 1 aliphatic rings. The molecule has 3 heteroatoms. The van der Waals surface area contributed by atoms with Crippen molar-refractivity contribution >= 4 is 0 Å². The van der Waals surface area contributed by atoms with Gasteiger partial charge in [-0.2, -0.15) is 13.2 Å². The number of alkyl halides is 3. The summed E-state index contributed by atoms with van der Waals surface area (Å²) in [5.74, 6) is 0.314. The van der Waals surface area contributed by atoms with E-state index >= 15 is 0 Å². The van der Waals surface area contributed by atoms with E-state index in [2.05, 4.69) is 26.0 Å². The van der Waals surface area contributed by atoms with Gasteiger partial charge in [-0.3, -0.25) is 0 Å². The summed E-state index contributed by atoms with van der Waals surface area (Å²) in [6.07, 6.45) is 4.84. The highest BCUT2D eigenvalue weighted by Gasteiger charge is 2.34. The minimum Gasteiger partial charge on any atom is -0.166 e. The average molecular weight is 266 g/mol. The molecule has 0 aromatic heterocycles. The number of rotatable bonds is 2. The minimum atomic E-state index is -4.27. The van der Waals surface area contributed by atoms with Gasteiger partial charge in [-0.15, -0.1) is 0 Å². The van der Waals surface area contributed by atoms with E-state index in [1.165, 1.54) is 12.1 Å². The van der Waals surface area contributed by atoms with E-state index in [1.54, 1.807) is 12.1 Å². The van der Waals surface area contributed by atoms with Gasteiger partial charge in [0.1, 0.15) is 0 Å². The van der Waals surface area contributed by atoms with Gasteiger partial charge in [0.05, 0.1) is 5.56 Å². The lowest BCUT2D eigenvalue weighted by Gasteiger charge is -2.35. The Kier molecular flexibility index (Phi) is 3.57. The lowest BCUT2D eigenvalue weighted by molar-refractivity contribution is -0.137. The maximum absolute atomic E-state index is 12.6. The van der Waals surface area contributed by atoms with E-state index in [4.69, 9.17) is 0 Å². The maximum Gasteiger partial charge on any atom is 0.416 e. The molecular formula is C16H17F3. The molecule has 0 bridgehead atoms. The number of halogens is 3. The first kappa shape index (κ1) is 13.9. The highest BCUT2D eigenvalue weighted by atomic mass is 19.4. The zero-order valence-corrected chi connectivity index (χ0v) is 11.0. The van der Waals surface area contributed by atoms with Gasteiger partial charge < -0.3 is 0 Å². The maximum atomic E-state index is 12.6. The molecule has 0 amide bonds. The lowest BCUT2D eigenvalue weighted by atomic mass is 9.68. The Labute approximate surface area is 111 Å². The summed E-state index contributed by atoms with van der Waals surface area (Å²) in [6, 6.07) is 5.52. The van der Waals surface area contributed by atoms with E-state index in [0.29, 0.717) is 5.92 Å². The fourth-order valence-corrected chi connectivity index (χ4v) is 2.67. The molecule has 1 aromatic rings. The van der Waals surface area contributed by atoms with Crippen LogP contribution in [0.3, 0.4) is 0 Å². The molecule has 0 fully saturated rings. The average Bonchev–Trinajstić information content (AvgIpc) is 2.38. The van der Waals surface area contributed by atoms with Crippen LogP contribution < -0.4 is 0 Å². The number of hydrogen-bond donors (Lipinski definition) is 0. The highest BCUT2D eigenvalue weighted by molar-refractivity contribution is 5.38. The first-order chi connectivity index (χ1) is 8.88. The van der Waals surface area contributed by atoms with Crippen molar-refractivity contribution in [2.75, 3.05) is 0 Å². The molecule has 1 aliphatic carbocycles. The Morgan fingerprint density at radius 1 is 1.11 bits per heavy atom. The largest absolute Gasteiger partial charge is 0.416 e. The van der Waals surface area contributed by atoms with Crippen LogP contribution in [0.15, 0.2) is 48.6 Å². The molecule has 1 aromatic carbocycles. The van der Waals surface area contributed by atoms with Crippen LogP contribution in [0, 0.1) is 5.92 Å². The third-order valence-electron chi connectivity index (χ3n) is 3.94. The summed E-state index contributed by atoms with van der Waals surface area (Å²) in [5.41, 5.74) is 0.101. The summed E-state index contributed by atoms with van der Waals surface area (Å²) < 4.78 is 37.7. The molecule has 19 heavy (non-hydrogen) atoms. The minimum absolute atomic E-state index is 0.229. The van der Waals surface area contributed by atoms with Crippen molar-refractivity contribution < 1.29 is 13.2 Å². The number of benzene rings is 1. The standard InChI is InChI=1S/C16H17F3/c1-3-12-6-4-5-11-15(12,2)13-7-9-14(10-8-13)16(17,18)19/h4-12H,3H2,1-2H3. The molecule has 2 unspecified atom stereocenters. The van der Waals surface area contributed by atoms with Gasteiger partial charge in [0.2, 0.25) is 0 Å². The Morgan fingerprint density at radius 2 is 1.74 bits per heavy atom. The fraction of sp³-hybridized carbons (Fsp3) is 0.375. The fourth-order valence-electron chi connectivity index (χ4n) is 2.67. The Hall–Kier alpha value is -1.51. The van der Waals surface area contributed by atoms with E-state index < -0.39 is 11.7 Å². The van der Waals surface area contributed by atoms with Crippen LogP contribution in [0.1, 0.15) is 31.4 Å². The van der Waals surface area contributed by atoms with Crippen LogP contribution in [0.4, 0.5) is 13.2 Å². The van der Waals surface area contributed by atoms with Crippen LogP contribution >= 0.6 is 0 Å². The van der Waals surface area contributed by atoms with Gasteiger partial charge in [0.15, 0.2) is 0 Å². The molecule has 2 rings (SSSR count). The molecule has 0 saturated carbocycles. The molecule has 102 valence electrons. The van der Waals surface area contributed by atoms with Gasteiger partial charge in [-0.25, -0.2) is 0 Å². The second-order valence-electron chi connectivity index (χ2n) is 5.12. The van der Waals surface area contributed by atoms with Crippen molar-refractivity contribution in [2.24, 2.45) is 5.92 Å². The smallest absolute Gasteiger partial charge is 0.166 e. The van der Waals surface area contributed by atoms with Crippen molar-refractivity contribution in [2.45, 2.75) is 31.9 Å². The summed E-state index contributed by atoms with van der Waals surface area (Å²) in [6.45, 7) is 4.17. The first-order valence-electron chi connectivity index (χ1n) is 6.41. The van der Waals surface area contributed by atoms with E-state index in [-0.39, 0.29) is 5.41 Å². The van der Waals surface area contributed by atoms with Crippen molar-refractivity contribution in [3.05, 3.63) is 59.7 Å². The second-order valence-corrected chi connectivity index (χ2v) is 5.12. The molecule has 0 aliphatic heterocycles. The third-order valence-corrected chi connectivity index (χ3v) is 3.94. The van der Waals surface area contributed by atoms with E-state index in [0.717, 1.165) is 12.0 Å². The Bertz CT molecular complexity index is 494. The summed E-state index contributed by atoms with van der Waals surface area (Å²) in [5, 5.41) is 0. The normalized spacial score (nSPS) is 26.7. The van der Waals surface area contributed by atoms with Crippen LogP contribution in [-0.4, -0.2) is 0 Å². The quantitative estimate of drug-likeness (QED) is 0.697. The SMILES string of the molecule is CCC1C=CC=CC1(C)c1ccc(C(F)(F)F)cc1. The first-order valence-corrected chi connectivity index (χ1v) is 6.41. The summed E-state index contributed by atoms with van der Waals surface area (Å²) >= 11 is 0. The summed E-state index contributed by atoms with van der Waals surface area (Å²) in [4.78, 5) is 0. The third kappa shape index (κ3) is 2.60. The lowest BCUT2D eigenvalue weighted by Crippen LogP contribution is -2.29. The molecule has 0 heterocycles. The molecule has 0 N–H and O–H groups in total. The van der Waals surface area contributed by atoms with E-state index in [1.807, 2.05) is 12.2 Å². The van der Waals surface area contributed by atoms with Gasteiger partial charge in [-0.1, -0.05) is 50.3 Å². The van der Waals surface area contributed by atoms with Crippen molar-refractivity contribution in [1.82, 2.24) is 0 Å². The summed E-state index contributed by atoms with van der Waals surface area (Å²) in [7, 11) is 0. The number of hydrogen-bond acceptors (Lipinski definition) is 0. The Balaban J connectivity index is 2.36. The van der Waals surface area contributed by atoms with Crippen LogP contribution in [0.2, 0.25) is 0 Å². The Morgan fingerprint density at radius 3 is 2.26 bits per heavy atom. The number of allylic oxidation sites excluding steroid dienone is 4. The highest BCUT2D eigenvalue weighted by Crippen LogP contribution is 2.39. The molecular weight excluding hydrogens is 249 g/mol. The molecule has 0 spiro atoms. The molecule has 0 saturated heterocycles. The van der Waals surface area contributed by atoms with Crippen LogP contribution in [0.5, 0.6) is 0 Å². The van der Waals surface area contributed by atoms with Crippen LogP contribution in [0.25, 0.3) is 0 Å². The van der Waals surface area contributed by atoms with Crippen molar-refractivity contribution in [1.29, 1.82) is 0 Å². The molecule has 2 atom stereocenters. The second kappa shape index (κ2) is 4.87. The van der Waals surface area contributed by atoms with Crippen molar-refractivity contribution in [3.63, 3.8) is 0 Å². The predicted molar refractivity (Wildman–Crippen MR) is 70.9 cm³/mol. The van der Waals surface area contributed by atoms with Crippen molar-refractivity contribution in [3.8, 4) is 0 Å². The monoisotopic (exact) mass is 266 g/mol. The van der Waals surface area contributed by atoms with Gasteiger partial charge >= 0.3 is 6.18 Å². The van der Waals surface area contributed by atoms with Gasteiger partial charge in [-0.05, 0) is 30.0 Å². The van der Waals surface area contributed by atoms with E-state index in [9.17, 15) is 13.2 Å². The predicted octanol–water partition coefficient (Wildman–Crippen LogP) is 5.12. The van der Waals surface area contributed by atoms with Crippen LogP contribution in [-0.2, 0) is 11.6 Å². The van der Waals surface area contributed by atoms with Gasteiger partial charge in [0.25, 0.3) is 0 Å². The zero-order valence-electron chi connectivity index (χ0n) is 11.0. The molecule has 0 radical (unpaired) electrons. The zero-order chi connectivity index (χ0) is 14.1. The molecule has 0 nitrogen and oxygen atoms in total. The topological polar surface area (TPSA) is 0 Å².